The van der Waals surface area contributed by atoms with Crippen LogP contribution in [0.1, 0.15) is 23.2 Å². The van der Waals surface area contributed by atoms with Gasteiger partial charge in [-0.3, -0.25) is 0 Å². The van der Waals surface area contributed by atoms with E-state index in [-0.39, 0.29) is 12.7 Å². The summed E-state index contributed by atoms with van der Waals surface area (Å²) >= 11 is 1.68. The molecule has 1 N–H and O–H groups in total. The lowest BCUT2D eigenvalue weighted by Crippen LogP contribution is -2.20. The van der Waals surface area contributed by atoms with Crippen LogP contribution in [0.25, 0.3) is 0 Å². The molecule has 0 spiro atoms. The summed E-state index contributed by atoms with van der Waals surface area (Å²) in [5.74, 6) is 0.899. The molecule has 3 heterocycles. The quantitative estimate of drug-likeness (QED) is 0.863. The highest BCUT2D eigenvalue weighted by Crippen LogP contribution is 2.27. The SMILES string of the molecule is OCc1cn2c(n1)CO[C@H](c1ccsc1)C2. The Bertz CT molecular complexity index is 478. The Labute approximate surface area is 97.1 Å². The molecule has 4 nitrogen and oxygen atoms in total. The zero-order chi connectivity index (χ0) is 11.0. The minimum Gasteiger partial charge on any atom is -0.390 e. The van der Waals surface area contributed by atoms with Gasteiger partial charge < -0.3 is 14.4 Å². The third-order valence-corrected chi connectivity index (χ3v) is 3.46. The number of rotatable bonds is 2. The minimum absolute atomic E-state index is 0.0108. The minimum atomic E-state index is -0.0108. The van der Waals surface area contributed by atoms with Crippen LogP contribution >= 0.6 is 11.3 Å². The van der Waals surface area contributed by atoms with E-state index in [1.807, 2.05) is 6.20 Å². The molecule has 0 bridgehead atoms. The summed E-state index contributed by atoms with van der Waals surface area (Å²) in [7, 11) is 0. The van der Waals surface area contributed by atoms with Crippen LogP contribution in [0, 0.1) is 0 Å². The molecule has 3 rings (SSSR count). The average molecular weight is 236 g/mol. The van der Waals surface area contributed by atoms with Crippen LogP contribution in [0.2, 0.25) is 0 Å². The fourth-order valence-corrected chi connectivity index (χ4v) is 2.63. The Morgan fingerprint density at radius 3 is 3.31 bits per heavy atom. The van der Waals surface area contributed by atoms with Gasteiger partial charge in [0.1, 0.15) is 18.5 Å². The average Bonchev–Trinajstić information content (AvgIpc) is 2.96. The summed E-state index contributed by atoms with van der Waals surface area (Å²) in [6.45, 7) is 1.28. The van der Waals surface area contributed by atoms with Crippen LogP contribution in [-0.2, 0) is 24.5 Å². The van der Waals surface area contributed by atoms with Gasteiger partial charge in [-0.1, -0.05) is 0 Å². The molecule has 0 unspecified atom stereocenters. The molecular formula is C11H12N2O2S. The fourth-order valence-electron chi connectivity index (χ4n) is 1.93. The van der Waals surface area contributed by atoms with Crippen molar-refractivity contribution in [1.82, 2.24) is 9.55 Å². The second kappa shape index (κ2) is 4.01. The predicted octanol–water partition coefficient (Wildman–Crippen LogP) is 1.71. The number of aromatic nitrogens is 2. The third kappa shape index (κ3) is 1.67. The van der Waals surface area contributed by atoms with Crippen LogP contribution in [0.3, 0.4) is 0 Å². The van der Waals surface area contributed by atoms with Crippen molar-refractivity contribution >= 4 is 11.3 Å². The number of thiophene rings is 1. The van der Waals surface area contributed by atoms with Crippen molar-refractivity contribution in [2.75, 3.05) is 0 Å². The molecule has 2 aromatic rings. The second-order valence-electron chi connectivity index (χ2n) is 3.82. The lowest BCUT2D eigenvalue weighted by molar-refractivity contribution is 0.000729. The molecule has 1 atom stereocenters. The summed E-state index contributed by atoms with van der Waals surface area (Å²) in [6.07, 6.45) is 2.01. The van der Waals surface area contributed by atoms with Crippen LogP contribution < -0.4 is 0 Å². The van der Waals surface area contributed by atoms with Crippen LogP contribution in [0.4, 0.5) is 0 Å². The fraction of sp³-hybridized carbons (Fsp3) is 0.364. The van der Waals surface area contributed by atoms with E-state index >= 15 is 0 Å². The molecule has 0 amide bonds. The molecule has 5 heteroatoms. The van der Waals surface area contributed by atoms with E-state index in [9.17, 15) is 0 Å². The van der Waals surface area contributed by atoms with Gasteiger partial charge in [-0.25, -0.2) is 4.98 Å². The molecule has 0 fully saturated rings. The number of imidazole rings is 1. The number of hydrogen-bond donors (Lipinski definition) is 1. The first-order valence-corrected chi connectivity index (χ1v) is 6.10. The van der Waals surface area contributed by atoms with Gasteiger partial charge in [-0.15, -0.1) is 0 Å². The first kappa shape index (κ1) is 10.0. The number of nitrogens with zero attached hydrogens (tertiary/aromatic N) is 2. The largest absolute Gasteiger partial charge is 0.390 e. The summed E-state index contributed by atoms with van der Waals surface area (Å²) < 4.78 is 7.82. The van der Waals surface area contributed by atoms with E-state index < -0.39 is 0 Å². The molecule has 16 heavy (non-hydrogen) atoms. The standard InChI is InChI=1S/C11H12N2O2S/c14-5-9-3-13-4-10(8-1-2-16-7-8)15-6-11(13)12-9/h1-3,7,10,14H,4-6H2/t10-/m0/s1. The first-order chi connectivity index (χ1) is 7.86. The molecule has 0 aliphatic carbocycles. The molecule has 2 aromatic heterocycles. The van der Waals surface area contributed by atoms with E-state index in [1.54, 1.807) is 11.3 Å². The van der Waals surface area contributed by atoms with Crippen molar-refractivity contribution in [3.05, 3.63) is 40.1 Å². The Morgan fingerprint density at radius 2 is 2.56 bits per heavy atom. The number of ether oxygens (including phenoxy) is 1. The van der Waals surface area contributed by atoms with Crippen molar-refractivity contribution in [3.8, 4) is 0 Å². The number of aliphatic hydroxyl groups is 1. The molecule has 0 aromatic carbocycles. The molecule has 0 radical (unpaired) electrons. The second-order valence-corrected chi connectivity index (χ2v) is 4.60. The maximum atomic E-state index is 9.02. The Morgan fingerprint density at radius 1 is 1.62 bits per heavy atom. The molecule has 1 aliphatic heterocycles. The van der Waals surface area contributed by atoms with Crippen LogP contribution in [-0.4, -0.2) is 14.7 Å². The van der Waals surface area contributed by atoms with Crippen molar-refractivity contribution < 1.29 is 9.84 Å². The van der Waals surface area contributed by atoms with E-state index in [1.165, 1.54) is 5.56 Å². The highest BCUT2D eigenvalue weighted by atomic mass is 32.1. The number of fused-ring (bicyclic) bond motifs is 1. The van der Waals surface area contributed by atoms with Crippen LogP contribution in [0.15, 0.2) is 23.0 Å². The van der Waals surface area contributed by atoms with Gasteiger partial charge in [0.05, 0.1) is 18.8 Å². The van der Waals surface area contributed by atoms with Crippen LogP contribution in [0.5, 0.6) is 0 Å². The Hall–Kier alpha value is -1.17. The van der Waals surface area contributed by atoms with Gasteiger partial charge in [0.15, 0.2) is 0 Å². The molecule has 1 aliphatic rings. The van der Waals surface area contributed by atoms with Gasteiger partial charge >= 0.3 is 0 Å². The van der Waals surface area contributed by atoms with Gasteiger partial charge in [0.25, 0.3) is 0 Å². The normalized spacial score (nSPS) is 19.7. The third-order valence-electron chi connectivity index (χ3n) is 2.76. The van der Waals surface area contributed by atoms with Gasteiger partial charge in [-0.2, -0.15) is 11.3 Å². The maximum Gasteiger partial charge on any atom is 0.135 e. The number of aliphatic hydroxyl groups excluding tert-OH is 1. The Kier molecular flexibility index (Phi) is 2.51. The topological polar surface area (TPSA) is 47.3 Å². The smallest absolute Gasteiger partial charge is 0.135 e. The maximum absolute atomic E-state index is 9.02. The summed E-state index contributed by atoms with van der Waals surface area (Å²) in [5, 5.41) is 13.2. The van der Waals surface area contributed by atoms with E-state index in [0.29, 0.717) is 12.3 Å². The summed E-state index contributed by atoms with van der Waals surface area (Å²) in [6, 6.07) is 2.09. The van der Waals surface area contributed by atoms with Gasteiger partial charge in [0, 0.05) is 6.20 Å². The summed E-state index contributed by atoms with van der Waals surface area (Å²) in [4.78, 5) is 4.28. The highest BCUT2D eigenvalue weighted by Gasteiger charge is 2.22. The van der Waals surface area contributed by atoms with E-state index in [0.717, 1.165) is 12.4 Å². The lowest BCUT2D eigenvalue weighted by Gasteiger charge is -2.23. The molecule has 0 saturated carbocycles. The zero-order valence-electron chi connectivity index (χ0n) is 8.67. The van der Waals surface area contributed by atoms with Gasteiger partial charge in [-0.05, 0) is 22.4 Å². The first-order valence-electron chi connectivity index (χ1n) is 5.16. The number of hydrogen-bond acceptors (Lipinski definition) is 4. The van der Waals surface area contributed by atoms with E-state index in [4.69, 9.17) is 9.84 Å². The van der Waals surface area contributed by atoms with Crippen molar-refractivity contribution in [2.45, 2.75) is 25.9 Å². The molecular weight excluding hydrogens is 224 g/mol. The van der Waals surface area contributed by atoms with Gasteiger partial charge in [0.2, 0.25) is 0 Å². The zero-order valence-corrected chi connectivity index (χ0v) is 9.48. The summed E-state index contributed by atoms with van der Waals surface area (Å²) in [5.41, 5.74) is 1.93. The molecule has 0 saturated heterocycles. The lowest BCUT2D eigenvalue weighted by atomic mass is 10.2. The van der Waals surface area contributed by atoms with E-state index in [2.05, 4.69) is 26.4 Å². The van der Waals surface area contributed by atoms with Crippen molar-refractivity contribution in [3.63, 3.8) is 0 Å². The Balaban J connectivity index is 1.85. The highest BCUT2D eigenvalue weighted by molar-refractivity contribution is 7.07. The monoisotopic (exact) mass is 236 g/mol. The van der Waals surface area contributed by atoms with Crippen molar-refractivity contribution in [2.24, 2.45) is 0 Å². The molecule has 84 valence electrons. The predicted molar refractivity (Wildman–Crippen MR) is 60.0 cm³/mol. The van der Waals surface area contributed by atoms with Crippen molar-refractivity contribution in [1.29, 1.82) is 0 Å².